The predicted molar refractivity (Wildman–Crippen MR) is 85.7 cm³/mol. The second-order valence-electron chi connectivity index (χ2n) is 5.86. The average molecular weight is 315 g/mol. The molecule has 0 saturated carbocycles. The lowest BCUT2D eigenvalue weighted by atomic mass is 9.99. The summed E-state index contributed by atoms with van der Waals surface area (Å²) in [6.07, 6.45) is -2.94. The van der Waals surface area contributed by atoms with E-state index in [1.165, 1.54) is 5.56 Å². The minimum absolute atomic E-state index is 0.288. The Labute approximate surface area is 134 Å². The minimum atomic E-state index is -1.82. The first kappa shape index (κ1) is 15.8. The monoisotopic (exact) mass is 315 g/mol. The van der Waals surface area contributed by atoms with Gasteiger partial charge in [-0.05, 0) is 17.5 Å². The van der Waals surface area contributed by atoms with Crippen LogP contribution in [0.5, 0.6) is 0 Å². The molecule has 3 rings (SSSR count). The number of alkyl halides is 2. The van der Waals surface area contributed by atoms with Gasteiger partial charge in [0.05, 0.1) is 0 Å². The molecule has 0 radical (unpaired) electrons. The van der Waals surface area contributed by atoms with Gasteiger partial charge in [-0.15, -0.1) is 0 Å². The van der Waals surface area contributed by atoms with Crippen LogP contribution in [-0.4, -0.2) is 29.7 Å². The third-order valence-corrected chi connectivity index (χ3v) is 4.30. The topological polar surface area (TPSA) is 20.3 Å². The summed E-state index contributed by atoms with van der Waals surface area (Å²) in [6, 6.07) is 16.1. The van der Waals surface area contributed by atoms with Crippen LogP contribution >= 0.6 is 0 Å². The molecule has 2 nitrogen and oxygen atoms in total. The number of halogens is 2. The molecule has 0 N–H and O–H groups in total. The number of fused-ring (bicyclic) bond motifs is 1. The molecule has 1 aliphatic rings. The summed E-state index contributed by atoms with van der Waals surface area (Å²) in [5.41, 5.74) is 2.58. The van der Waals surface area contributed by atoms with Gasteiger partial charge < -0.3 is 0 Å². The van der Waals surface area contributed by atoms with Gasteiger partial charge in [0, 0.05) is 25.1 Å². The molecule has 1 aliphatic heterocycles. The Hall–Kier alpha value is -2.07. The van der Waals surface area contributed by atoms with Gasteiger partial charge >= 0.3 is 0 Å². The Morgan fingerprint density at radius 1 is 1.00 bits per heavy atom. The molecule has 0 spiro atoms. The van der Waals surface area contributed by atoms with Crippen molar-refractivity contribution >= 4 is 5.78 Å². The van der Waals surface area contributed by atoms with Gasteiger partial charge in [-0.3, -0.25) is 9.69 Å². The number of ketones is 1. The molecule has 2 aromatic carbocycles. The zero-order valence-electron chi connectivity index (χ0n) is 12.8. The lowest BCUT2D eigenvalue weighted by Crippen LogP contribution is -2.39. The molecule has 0 amide bonds. The molecule has 0 saturated heterocycles. The second-order valence-corrected chi connectivity index (χ2v) is 5.86. The summed E-state index contributed by atoms with van der Waals surface area (Å²) in [4.78, 5) is 13.6. The van der Waals surface area contributed by atoms with Crippen LogP contribution in [0.2, 0.25) is 0 Å². The van der Waals surface area contributed by atoms with E-state index in [-0.39, 0.29) is 5.56 Å². The number of benzene rings is 2. The van der Waals surface area contributed by atoms with Crippen molar-refractivity contribution in [3.8, 4) is 0 Å². The van der Waals surface area contributed by atoms with E-state index in [0.29, 0.717) is 13.1 Å². The third kappa shape index (κ3) is 3.64. The van der Waals surface area contributed by atoms with E-state index in [0.717, 1.165) is 12.0 Å². The lowest BCUT2D eigenvalue weighted by molar-refractivity contribution is 0.0389. The van der Waals surface area contributed by atoms with E-state index in [1.807, 2.05) is 24.3 Å². The van der Waals surface area contributed by atoms with Crippen molar-refractivity contribution in [3.05, 3.63) is 71.3 Å². The highest BCUT2D eigenvalue weighted by Gasteiger charge is 2.29. The van der Waals surface area contributed by atoms with Crippen molar-refractivity contribution in [2.45, 2.75) is 31.9 Å². The summed E-state index contributed by atoms with van der Waals surface area (Å²) in [5.74, 6) is -0.648. The normalized spacial score (nSPS) is 17.3. The van der Waals surface area contributed by atoms with Crippen LogP contribution in [0.25, 0.3) is 0 Å². The minimum Gasteiger partial charge on any atom is -0.291 e. The van der Waals surface area contributed by atoms with E-state index in [9.17, 15) is 13.6 Å². The Balaban J connectivity index is 1.61. The van der Waals surface area contributed by atoms with Crippen molar-refractivity contribution < 1.29 is 13.6 Å². The Kier molecular flexibility index (Phi) is 4.82. The molecule has 2 atom stereocenters. The third-order valence-electron chi connectivity index (χ3n) is 4.30. The zero-order valence-corrected chi connectivity index (χ0v) is 12.8. The highest BCUT2D eigenvalue weighted by atomic mass is 19.1. The molecule has 4 heteroatoms. The van der Waals surface area contributed by atoms with Crippen molar-refractivity contribution in [1.82, 2.24) is 4.90 Å². The van der Waals surface area contributed by atoms with E-state index in [2.05, 4.69) is 0 Å². The Bertz CT molecular complexity index is 674. The first-order valence-corrected chi connectivity index (χ1v) is 7.83. The molecule has 0 fully saturated rings. The maximum Gasteiger partial charge on any atom is 0.197 e. The molecular formula is C19H19F2NO. The number of rotatable bonds is 5. The van der Waals surface area contributed by atoms with Crippen molar-refractivity contribution in [2.24, 2.45) is 0 Å². The molecule has 1 heterocycles. The van der Waals surface area contributed by atoms with Gasteiger partial charge in [0.25, 0.3) is 0 Å². The fraction of sp³-hybridized carbons (Fsp3) is 0.316. The smallest absolute Gasteiger partial charge is 0.197 e. The van der Waals surface area contributed by atoms with E-state index < -0.39 is 24.7 Å². The predicted octanol–water partition coefficient (Wildman–Crippen LogP) is 3.95. The first-order valence-electron chi connectivity index (χ1n) is 7.83. The van der Waals surface area contributed by atoms with E-state index in [4.69, 9.17) is 0 Å². The number of Topliss-reactive ketones (excluding diaryl/α,β-unsaturated/α-hetero) is 1. The van der Waals surface area contributed by atoms with Crippen molar-refractivity contribution in [1.29, 1.82) is 0 Å². The fourth-order valence-corrected chi connectivity index (χ4v) is 2.97. The molecule has 0 aliphatic carbocycles. The van der Waals surface area contributed by atoms with Crippen molar-refractivity contribution in [2.75, 3.05) is 6.54 Å². The van der Waals surface area contributed by atoms with Crippen LogP contribution in [0.15, 0.2) is 54.6 Å². The zero-order chi connectivity index (χ0) is 16.2. The summed E-state index contributed by atoms with van der Waals surface area (Å²) < 4.78 is 28.6. The van der Waals surface area contributed by atoms with Crippen LogP contribution in [0.1, 0.15) is 27.9 Å². The molecule has 23 heavy (non-hydrogen) atoms. The molecule has 2 unspecified atom stereocenters. The summed E-state index contributed by atoms with van der Waals surface area (Å²) in [7, 11) is 0. The highest BCUT2D eigenvalue weighted by molar-refractivity contribution is 5.99. The van der Waals surface area contributed by atoms with Crippen molar-refractivity contribution in [3.63, 3.8) is 0 Å². The molecule has 0 bridgehead atoms. The second kappa shape index (κ2) is 7.01. The average Bonchev–Trinajstić information content (AvgIpc) is 2.61. The van der Waals surface area contributed by atoms with Gasteiger partial charge in [0.1, 0.15) is 0 Å². The largest absolute Gasteiger partial charge is 0.291 e. The number of hydrogen-bond acceptors (Lipinski definition) is 2. The quantitative estimate of drug-likeness (QED) is 0.615. The first-order chi connectivity index (χ1) is 11.1. The molecule has 120 valence electrons. The number of nitrogens with zero attached hydrogens (tertiary/aromatic N) is 1. The molecule has 2 aromatic rings. The number of carbonyl (C=O) groups is 1. The van der Waals surface area contributed by atoms with Crippen LogP contribution in [0, 0.1) is 0 Å². The molecule has 0 aromatic heterocycles. The van der Waals surface area contributed by atoms with E-state index in [1.54, 1.807) is 35.2 Å². The van der Waals surface area contributed by atoms with E-state index >= 15 is 0 Å². The molecular weight excluding hydrogens is 296 g/mol. The van der Waals surface area contributed by atoms with Gasteiger partial charge in [-0.25, -0.2) is 8.78 Å². The number of carbonyl (C=O) groups excluding carboxylic acids is 1. The van der Waals surface area contributed by atoms with Crippen LogP contribution in [-0.2, 0) is 13.0 Å². The van der Waals surface area contributed by atoms with Crippen LogP contribution in [0.3, 0.4) is 0 Å². The maximum absolute atomic E-state index is 14.4. The van der Waals surface area contributed by atoms with Gasteiger partial charge in [-0.1, -0.05) is 54.6 Å². The Morgan fingerprint density at radius 2 is 1.65 bits per heavy atom. The number of hydrogen-bond donors (Lipinski definition) is 0. The van der Waals surface area contributed by atoms with Crippen LogP contribution in [0.4, 0.5) is 8.78 Å². The van der Waals surface area contributed by atoms with Gasteiger partial charge in [0.15, 0.2) is 18.3 Å². The standard InChI is InChI=1S/C19H19F2NO/c20-17(19(23)15-7-2-1-3-8-15)12-18(21)22-11-10-14-6-4-5-9-16(14)13-22/h1-9,17-18H,10-13H2. The van der Waals surface area contributed by atoms with Crippen LogP contribution < -0.4 is 0 Å². The highest BCUT2D eigenvalue weighted by Crippen LogP contribution is 2.23. The van der Waals surface area contributed by atoms with Gasteiger partial charge in [-0.2, -0.15) is 0 Å². The summed E-state index contributed by atoms with van der Waals surface area (Å²) in [6.45, 7) is 1.01. The fourth-order valence-electron chi connectivity index (χ4n) is 2.97. The van der Waals surface area contributed by atoms with Gasteiger partial charge in [0.2, 0.25) is 0 Å². The Morgan fingerprint density at radius 3 is 2.39 bits per heavy atom. The maximum atomic E-state index is 14.4. The SMILES string of the molecule is O=C(c1ccccc1)C(F)CC(F)N1CCc2ccccc2C1. The summed E-state index contributed by atoms with van der Waals surface area (Å²) in [5, 5.41) is 0. The lowest BCUT2D eigenvalue weighted by Gasteiger charge is -2.31. The summed E-state index contributed by atoms with van der Waals surface area (Å²) >= 11 is 0.